The molecule has 6 rings (SSSR count). The number of rotatable bonds is 3. The van der Waals surface area contributed by atoms with Gasteiger partial charge in [0.2, 0.25) is 0 Å². The van der Waals surface area contributed by atoms with Gasteiger partial charge in [-0.25, -0.2) is 4.98 Å². The van der Waals surface area contributed by atoms with Crippen molar-refractivity contribution in [1.82, 2.24) is 34.8 Å². The molecular formula is C24H20N8. The van der Waals surface area contributed by atoms with Crippen LogP contribution in [0.25, 0.3) is 50.2 Å². The number of H-pyrrole nitrogens is 1. The molecule has 0 bridgehead atoms. The van der Waals surface area contributed by atoms with Gasteiger partial charge in [-0.2, -0.15) is 5.10 Å². The summed E-state index contributed by atoms with van der Waals surface area (Å²) in [5.41, 5.74) is 13.1. The molecule has 0 amide bonds. The molecule has 0 saturated heterocycles. The molecule has 2 aromatic carbocycles. The van der Waals surface area contributed by atoms with Crippen molar-refractivity contribution in [3.05, 3.63) is 72.7 Å². The Morgan fingerprint density at radius 1 is 0.844 bits per heavy atom. The summed E-state index contributed by atoms with van der Waals surface area (Å²) >= 11 is 0. The van der Waals surface area contributed by atoms with Crippen molar-refractivity contribution < 1.29 is 0 Å². The number of aromatic nitrogens is 7. The predicted molar refractivity (Wildman–Crippen MR) is 124 cm³/mol. The van der Waals surface area contributed by atoms with Crippen LogP contribution in [0.1, 0.15) is 19.4 Å². The first-order valence-corrected chi connectivity index (χ1v) is 10.3. The minimum Gasteiger partial charge on any atom is -0.322 e. The lowest BCUT2D eigenvalue weighted by Gasteiger charge is -2.19. The second-order valence-corrected chi connectivity index (χ2v) is 8.51. The fraction of sp³-hybridized carbons (Fsp3) is 0.125. The zero-order valence-corrected chi connectivity index (χ0v) is 17.6. The van der Waals surface area contributed by atoms with Gasteiger partial charge in [-0.05, 0) is 43.2 Å². The third-order valence-corrected chi connectivity index (χ3v) is 5.74. The van der Waals surface area contributed by atoms with E-state index >= 15 is 0 Å². The van der Waals surface area contributed by atoms with E-state index in [-0.39, 0.29) is 0 Å². The van der Waals surface area contributed by atoms with Gasteiger partial charge in [-0.15, -0.1) is 10.2 Å². The Hall–Kier alpha value is -4.17. The van der Waals surface area contributed by atoms with E-state index < -0.39 is 5.54 Å². The molecule has 0 aliphatic carbocycles. The van der Waals surface area contributed by atoms with Gasteiger partial charge in [-0.3, -0.25) is 14.5 Å². The van der Waals surface area contributed by atoms with Gasteiger partial charge in [-0.1, -0.05) is 30.3 Å². The van der Waals surface area contributed by atoms with Gasteiger partial charge < -0.3 is 5.73 Å². The largest absolute Gasteiger partial charge is 0.322 e. The fourth-order valence-corrected chi connectivity index (χ4v) is 3.97. The Kier molecular flexibility index (Phi) is 3.87. The molecule has 6 aromatic rings. The maximum absolute atomic E-state index is 6.24. The number of hydrogen-bond donors (Lipinski definition) is 2. The Morgan fingerprint density at radius 2 is 1.66 bits per heavy atom. The van der Waals surface area contributed by atoms with Crippen LogP contribution in [0.4, 0.5) is 0 Å². The average molecular weight is 420 g/mol. The molecule has 4 aromatic heterocycles. The zero-order chi connectivity index (χ0) is 21.9. The number of nitrogens with zero attached hydrogens (tertiary/aromatic N) is 6. The molecule has 0 aliphatic heterocycles. The van der Waals surface area contributed by atoms with Gasteiger partial charge in [0.15, 0.2) is 17.1 Å². The SMILES string of the molecule is CC(C)(N)c1ccc(-c2nnc3cnc4ccc(-c5cnc6[nH]ncc6c5)cc4n23)cc1. The van der Waals surface area contributed by atoms with Crippen LogP contribution >= 0.6 is 0 Å². The van der Waals surface area contributed by atoms with Crippen LogP contribution in [0.3, 0.4) is 0 Å². The molecule has 3 N–H and O–H groups in total. The summed E-state index contributed by atoms with van der Waals surface area (Å²) in [5, 5.41) is 16.7. The summed E-state index contributed by atoms with van der Waals surface area (Å²) in [5.74, 6) is 0.759. The molecule has 0 spiro atoms. The van der Waals surface area contributed by atoms with Gasteiger partial charge in [0, 0.05) is 28.2 Å². The highest BCUT2D eigenvalue weighted by Crippen LogP contribution is 2.29. The van der Waals surface area contributed by atoms with Crippen LogP contribution in [0, 0.1) is 0 Å². The highest BCUT2D eigenvalue weighted by atomic mass is 15.3. The lowest BCUT2D eigenvalue weighted by Crippen LogP contribution is -2.28. The summed E-state index contributed by atoms with van der Waals surface area (Å²) in [6.07, 6.45) is 5.36. The van der Waals surface area contributed by atoms with Crippen LogP contribution in [-0.2, 0) is 5.54 Å². The fourth-order valence-electron chi connectivity index (χ4n) is 3.97. The van der Waals surface area contributed by atoms with Crippen LogP contribution < -0.4 is 5.73 Å². The highest BCUT2D eigenvalue weighted by Gasteiger charge is 2.16. The molecule has 0 saturated carbocycles. The number of fused-ring (bicyclic) bond motifs is 4. The number of aromatic amines is 1. The Morgan fingerprint density at radius 3 is 2.47 bits per heavy atom. The summed E-state index contributed by atoms with van der Waals surface area (Å²) in [6, 6.07) is 16.4. The van der Waals surface area contributed by atoms with E-state index in [9.17, 15) is 0 Å². The minimum absolute atomic E-state index is 0.402. The predicted octanol–water partition coefficient (Wildman–Crippen LogP) is 4.08. The lowest BCUT2D eigenvalue weighted by atomic mass is 9.95. The van der Waals surface area contributed by atoms with E-state index in [2.05, 4.69) is 42.5 Å². The molecule has 0 aliphatic rings. The molecule has 156 valence electrons. The molecule has 0 fully saturated rings. The molecule has 0 atom stereocenters. The number of pyridine rings is 1. The first-order valence-electron chi connectivity index (χ1n) is 10.3. The molecule has 4 heterocycles. The van der Waals surface area contributed by atoms with E-state index in [1.54, 1.807) is 12.4 Å². The molecule has 0 radical (unpaired) electrons. The van der Waals surface area contributed by atoms with E-state index in [1.807, 2.05) is 60.8 Å². The van der Waals surface area contributed by atoms with Gasteiger partial charge >= 0.3 is 0 Å². The number of hydrogen-bond acceptors (Lipinski definition) is 6. The normalized spacial score (nSPS) is 12.2. The van der Waals surface area contributed by atoms with E-state index in [4.69, 9.17) is 5.73 Å². The first kappa shape index (κ1) is 18.6. The lowest BCUT2D eigenvalue weighted by molar-refractivity contribution is 0.554. The maximum Gasteiger partial charge on any atom is 0.180 e. The first-order chi connectivity index (χ1) is 15.5. The quantitative estimate of drug-likeness (QED) is 0.446. The van der Waals surface area contributed by atoms with Crippen molar-refractivity contribution in [1.29, 1.82) is 0 Å². The summed E-state index contributed by atoms with van der Waals surface area (Å²) in [6.45, 7) is 3.98. The van der Waals surface area contributed by atoms with E-state index in [0.29, 0.717) is 5.65 Å². The van der Waals surface area contributed by atoms with Crippen LogP contribution in [0.2, 0.25) is 0 Å². The van der Waals surface area contributed by atoms with Crippen molar-refractivity contribution in [3.63, 3.8) is 0 Å². The van der Waals surface area contributed by atoms with Crippen molar-refractivity contribution >= 4 is 27.7 Å². The van der Waals surface area contributed by atoms with Crippen LogP contribution in [-0.4, -0.2) is 34.8 Å². The smallest absolute Gasteiger partial charge is 0.180 e. The standard InChI is InChI=1S/C24H20N8/c1-24(2,25)18-6-3-14(4-7-18)23-31-29-21-13-26-19-8-5-15(10-20(19)32(21)23)16-9-17-12-28-30-22(17)27-11-16/h3-13H,25H2,1-2H3,(H,27,28,30). The monoisotopic (exact) mass is 420 g/mol. The number of benzene rings is 2. The second-order valence-electron chi connectivity index (χ2n) is 8.51. The van der Waals surface area contributed by atoms with Crippen LogP contribution in [0.15, 0.2) is 67.1 Å². The topological polar surface area (TPSA) is 111 Å². The third-order valence-electron chi connectivity index (χ3n) is 5.74. The summed E-state index contributed by atoms with van der Waals surface area (Å²) in [7, 11) is 0. The van der Waals surface area contributed by atoms with E-state index in [1.165, 1.54) is 0 Å². The Labute approximate surface area is 183 Å². The Bertz CT molecular complexity index is 1600. The second kappa shape index (κ2) is 6.66. The third kappa shape index (κ3) is 2.92. The van der Waals surface area contributed by atoms with Gasteiger partial charge in [0.05, 0.1) is 23.4 Å². The summed E-state index contributed by atoms with van der Waals surface area (Å²) < 4.78 is 2.04. The molecule has 8 heteroatoms. The van der Waals surface area contributed by atoms with Crippen molar-refractivity contribution in [2.75, 3.05) is 0 Å². The van der Waals surface area contributed by atoms with Gasteiger partial charge in [0.25, 0.3) is 0 Å². The molecular weight excluding hydrogens is 400 g/mol. The Balaban J connectivity index is 1.54. The van der Waals surface area contributed by atoms with Crippen molar-refractivity contribution in [2.45, 2.75) is 19.4 Å². The van der Waals surface area contributed by atoms with Gasteiger partial charge in [0.1, 0.15) is 0 Å². The molecule has 32 heavy (non-hydrogen) atoms. The number of nitrogens with one attached hydrogen (secondary N) is 1. The van der Waals surface area contributed by atoms with Crippen molar-refractivity contribution in [2.24, 2.45) is 5.73 Å². The maximum atomic E-state index is 6.24. The average Bonchev–Trinajstić information content (AvgIpc) is 3.45. The zero-order valence-electron chi connectivity index (χ0n) is 17.6. The van der Waals surface area contributed by atoms with Crippen LogP contribution in [0.5, 0.6) is 0 Å². The number of nitrogens with two attached hydrogens (primary N) is 1. The minimum atomic E-state index is -0.402. The highest BCUT2D eigenvalue weighted by molar-refractivity contribution is 5.87. The molecule has 0 unspecified atom stereocenters. The van der Waals surface area contributed by atoms with E-state index in [0.717, 1.165) is 50.1 Å². The molecule has 8 nitrogen and oxygen atoms in total. The summed E-state index contributed by atoms with van der Waals surface area (Å²) in [4.78, 5) is 9.04. The van der Waals surface area contributed by atoms with Crippen molar-refractivity contribution in [3.8, 4) is 22.5 Å².